The molecule has 1 aromatic heterocycles. The van der Waals surface area contributed by atoms with Gasteiger partial charge >= 0.3 is 6.18 Å². The van der Waals surface area contributed by atoms with E-state index in [1.165, 1.54) is 18.3 Å². The Morgan fingerprint density at radius 3 is 2.33 bits per heavy atom. The Kier molecular flexibility index (Phi) is 5.53. The number of halogens is 4. The lowest BCUT2D eigenvalue weighted by Crippen LogP contribution is -2.44. The SMILES string of the molecule is OC(CSc1ccc(Cl)cc1)(c1ccc2c(cnn2-c2ccccc2)c1)C(F)(F)F. The number of para-hydroxylation sites is 1. The molecule has 1 atom stereocenters. The summed E-state index contributed by atoms with van der Waals surface area (Å²) in [5, 5.41) is 16.0. The van der Waals surface area contributed by atoms with Crippen molar-refractivity contribution in [3.8, 4) is 5.69 Å². The number of rotatable bonds is 5. The van der Waals surface area contributed by atoms with Gasteiger partial charge in [0.1, 0.15) is 0 Å². The van der Waals surface area contributed by atoms with Gasteiger partial charge in [-0.15, -0.1) is 11.8 Å². The number of nitrogens with zero attached hydrogens (tertiary/aromatic N) is 2. The van der Waals surface area contributed by atoms with Gasteiger partial charge in [0.25, 0.3) is 0 Å². The van der Waals surface area contributed by atoms with Gasteiger partial charge in [0, 0.05) is 21.1 Å². The van der Waals surface area contributed by atoms with Crippen molar-refractivity contribution in [2.75, 3.05) is 5.75 Å². The van der Waals surface area contributed by atoms with E-state index >= 15 is 0 Å². The Bertz CT molecular complexity index is 1160. The highest BCUT2D eigenvalue weighted by Gasteiger charge is 2.55. The van der Waals surface area contributed by atoms with Gasteiger partial charge in [-0.3, -0.25) is 0 Å². The van der Waals surface area contributed by atoms with Crippen molar-refractivity contribution in [3.63, 3.8) is 0 Å². The van der Waals surface area contributed by atoms with Gasteiger partial charge in [0.05, 0.1) is 17.4 Å². The topological polar surface area (TPSA) is 38.1 Å². The molecule has 0 radical (unpaired) electrons. The van der Waals surface area contributed by atoms with Gasteiger partial charge in [-0.2, -0.15) is 18.3 Å². The van der Waals surface area contributed by atoms with E-state index in [0.717, 1.165) is 17.4 Å². The first kappa shape index (κ1) is 20.8. The second kappa shape index (κ2) is 7.98. The third-order valence-corrected chi connectivity index (χ3v) is 6.20. The summed E-state index contributed by atoms with van der Waals surface area (Å²) in [6, 6.07) is 19.9. The number of aromatic nitrogens is 2. The van der Waals surface area contributed by atoms with Crippen LogP contribution in [0.4, 0.5) is 13.2 Å². The molecule has 0 aliphatic rings. The minimum absolute atomic E-state index is 0.225. The standard InChI is InChI=1S/C22H16ClF3N2OS/c23-17-7-9-19(10-8-17)30-14-21(29,22(24,25)26)16-6-11-20-15(12-16)13-27-28(20)18-4-2-1-3-5-18/h1-13,29H,14H2. The van der Waals surface area contributed by atoms with Crippen LogP contribution in [0.1, 0.15) is 5.56 Å². The third-order valence-electron chi connectivity index (χ3n) is 4.78. The number of benzene rings is 3. The van der Waals surface area contributed by atoms with E-state index in [0.29, 0.717) is 20.8 Å². The van der Waals surface area contributed by atoms with Crippen LogP contribution in [0.5, 0.6) is 0 Å². The smallest absolute Gasteiger partial charge is 0.376 e. The van der Waals surface area contributed by atoms with E-state index in [-0.39, 0.29) is 5.56 Å². The number of thioether (sulfide) groups is 1. The summed E-state index contributed by atoms with van der Waals surface area (Å²) in [5.74, 6) is -0.587. The van der Waals surface area contributed by atoms with Crippen LogP contribution in [0.25, 0.3) is 16.6 Å². The third kappa shape index (κ3) is 3.93. The van der Waals surface area contributed by atoms with Crippen LogP contribution in [-0.2, 0) is 5.60 Å². The maximum Gasteiger partial charge on any atom is 0.422 e. The highest BCUT2D eigenvalue weighted by atomic mass is 35.5. The zero-order valence-electron chi connectivity index (χ0n) is 15.5. The number of aliphatic hydroxyl groups is 1. The van der Waals surface area contributed by atoms with E-state index < -0.39 is 17.5 Å². The number of hydrogen-bond donors (Lipinski definition) is 1. The van der Waals surface area contributed by atoms with Gasteiger partial charge in [-0.25, -0.2) is 4.68 Å². The highest BCUT2D eigenvalue weighted by molar-refractivity contribution is 7.99. The van der Waals surface area contributed by atoms with Gasteiger partial charge in [-0.1, -0.05) is 35.9 Å². The molecule has 0 saturated carbocycles. The lowest BCUT2D eigenvalue weighted by molar-refractivity contribution is -0.256. The van der Waals surface area contributed by atoms with Crippen molar-refractivity contribution < 1.29 is 18.3 Å². The molecule has 0 fully saturated rings. The second-order valence-electron chi connectivity index (χ2n) is 6.77. The molecule has 1 N–H and O–H groups in total. The van der Waals surface area contributed by atoms with Crippen LogP contribution in [0.15, 0.2) is 83.9 Å². The quantitative estimate of drug-likeness (QED) is 0.368. The molecule has 0 aliphatic carbocycles. The molecule has 0 spiro atoms. The van der Waals surface area contributed by atoms with Crippen LogP contribution in [0.3, 0.4) is 0 Å². The first-order valence-corrected chi connectivity index (χ1v) is 10.4. The van der Waals surface area contributed by atoms with E-state index in [9.17, 15) is 18.3 Å². The van der Waals surface area contributed by atoms with Gasteiger partial charge in [-0.05, 0) is 54.1 Å². The summed E-state index contributed by atoms with van der Waals surface area (Å²) >= 11 is 6.74. The molecular weight excluding hydrogens is 433 g/mol. The van der Waals surface area contributed by atoms with Crippen LogP contribution >= 0.6 is 23.4 Å². The molecule has 8 heteroatoms. The van der Waals surface area contributed by atoms with Gasteiger partial charge in [0.2, 0.25) is 0 Å². The fourth-order valence-electron chi connectivity index (χ4n) is 3.11. The zero-order chi connectivity index (χ0) is 21.4. The number of fused-ring (bicyclic) bond motifs is 1. The first-order chi connectivity index (χ1) is 14.3. The minimum Gasteiger partial charge on any atom is -0.376 e. The molecule has 0 saturated heterocycles. The molecule has 4 aromatic rings. The van der Waals surface area contributed by atoms with Crippen molar-refractivity contribution in [3.05, 3.63) is 89.6 Å². The van der Waals surface area contributed by atoms with E-state index in [1.54, 1.807) is 35.0 Å². The fourth-order valence-corrected chi connectivity index (χ4v) is 4.27. The minimum atomic E-state index is -4.85. The Hall–Kier alpha value is -2.48. The van der Waals surface area contributed by atoms with Crippen molar-refractivity contribution in [1.29, 1.82) is 0 Å². The molecular formula is C22H16ClF3N2OS. The molecule has 4 rings (SSSR count). The molecule has 0 bridgehead atoms. The van der Waals surface area contributed by atoms with Crippen LogP contribution in [0, 0.1) is 0 Å². The van der Waals surface area contributed by atoms with Crippen molar-refractivity contribution in [2.45, 2.75) is 16.7 Å². The molecule has 1 unspecified atom stereocenters. The Morgan fingerprint density at radius 1 is 0.967 bits per heavy atom. The van der Waals surface area contributed by atoms with E-state index in [1.807, 2.05) is 30.3 Å². The predicted molar refractivity (Wildman–Crippen MR) is 113 cm³/mol. The summed E-state index contributed by atoms with van der Waals surface area (Å²) in [7, 11) is 0. The number of hydrogen-bond acceptors (Lipinski definition) is 3. The Labute approximate surface area is 180 Å². The summed E-state index contributed by atoms with van der Waals surface area (Å²) in [6.45, 7) is 0. The maximum atomic E-state index is 13.9. The largest absolute Gasteiger partial charge is 0.422 e. The summed E-state index contributed by atoms with van der Waals surface area (Å²) in [6.07, 6.45) is -3.36. The van der Waals surface area contributed by atoms with Gasteiger partial charge < -0.3 is 5.11 Å². The van der Waals surface area contributed by atoms with E-state index in [4.69, 9.17) is 11.6 Å². The molecule has 3 aromatic carbocycles. The van der Waals surface area contributed by atoms with Crippen molar-refractivity contribution in [1.82, 2.24) is 9.78 Å². The molecule has 154 valence electrons. The Morgan fingerprint density at radius 2 is 1.67 bits per heavy atom. The van der Waals surface area contributed by atoms with Crippen molar-refractivity contribution >= 4 is 34.3 Å². The predicted octanol–water partition coefficient (Wildman–Crippen LogP) is 6.22. The molecule has 0 aliphatic heterocycles. The first-order valence-electron chi connectivity index (χ1n) is 8.99. The normalized spacial score (nSPS) is 14.0. The van der Waals surface area contributed by atoms with Gasteiger partial charge in [0.15, 0.2) is 5.60 Å². The summed E-state index contributed by atoms with van der Waals surface area (Å²) in [5.41, 5.74) is -1.79. The average Bonchev–Trinajstić information content (AvgIpc) is 3.16. The van der Waals surface area contributed by atoms with Crippen LogP contribution in [0.2, 0.25) is 5.02 Å². The molecule has 1 heterocycles. The molecule has 3 nitrogen and oxygen atoms in total. The monoisotopic (exact) mass is 448 g/mol. The Balaban J connectivity index is 1.69. The lowest BCUT2D eigenvalue weighted by atomic mass is 9.94. The number of alkyl halides is 3. The molecule has 30 heavy (non-hydrogen) atoms. The van der Waals surface area contributed by atoms with Crippen LogP contribution in [-0.4, -0.2) is 26.8 Å². The highest BCUT2D eigenvalue weighted by Crippen LogP contribution is 2.43. The fraction of sp³-hybridized carbons (Fsp3) is 0.136. The summed E-state index contributed by atoms with van der Waals surface area (Å²) in [4.78, 5) is 0.583. The second-order valence-corrected chi connectivity index (χ2v) is 8.25. The maximum absolute atomic E-state index is 13.9. The lowest BCUT2D eigenvalue weighted by Gasteiger charge is -2.30. The zero-order valence-corrected chi connectivity index (χ0v) is 17.0. The molecule has 0 amide bonds. The summed E-state index contributed by atoms with van der Waals surface area (Å²) < 4.78 is 43.4. The average molecular weight is 449 g/mol. The van der Waals surface area contributed by atoms with Crippen molar-refractivity contribution in [2.24, 2.45) is 0 Å². The van der Waals surface area contributed by atoms with Crippen LogP contribution < -0.4 is 0 Å². The van der Waals surface area contributed by atoms with E-state index in [2.05, 4.69) is 5.10 Å².